The van der Waals surface area contributed by atoms with Crippen LogP contribution < -0.4 is 11.5 Å². The summed E-state index contributed by atoms with van der Waals surface area (Å²) in [5, 5.41) is 0. The lowest BCUT2D eigenvalue weighted by molar-refractivity contribution is -0.137. The smallest absolute Gasteiger partial charge is 0.383 e. The number of benzene rings is 1. The Labute approximate surface area is 138 Å². The Balaban J connectivity index is 2.31. The maximum atomic E-state index is 12.7. The van der Waals surface area contributed by atoms with Gasteiger partial charge in [-0.2, -0.15) is 18.2 Å². The van der Waals surface area contributed by atoms with Crippen molar-refractivity contribution in [2.45, 2.75) is 32.4 Å². The van der Waals surface area contributed by atoms with Crippen LogP contribution in [0.2, 0.25) is 0 Å². The number of nitrogen functional groups attached to an aromatic ring is 2. The highest BCUT2D eigenvalue weighted by atomic mass is 19.4. The molecule has 0 spiro atoms. The summed E-state index contributed by atoms with van der Waals surface area (Å²) < 4.78 is 38.0. The predicted octanol–water partition coefficient (Wildman–Crippen LogP) is 3.96. The molecule has 1 aromatic carbocycles. The van der Waals surface area contributed by atoms with Gasteiger partial charge in [-0.25, -0.2) is 4.98 Å². The molecule has 1 aromatic heterocycles. The zero-order chi connectivity index (χ0) is 18.1. The topological polar surface area (TPSA) is 77.8 Å². The normalized spacial score (nSPS) is 12.8. The standard InChI is InChI=1S/C17H19F3N4/c1-10-13(14(21)24-15(22)23-10)8-9-16(2,3)11-4-6-12(7-5-11)17(18,19)20/h4-9H,1-3H3,(H4,21,22,23,24)/b9-8+. The molecule has 0 atom stereocenters. The van der Waals surface area contributed by atoms with Gasteiger partial charge in [-0.1, -0.05) is 38.1 Å². The van der Waals surface area contributed by atoms with Crippen LogP contribution in [0.15, 0.2) is 30.3 Å². The van der Waals surface area contributed by atoms with Gasteiger partial charge in [-0.3, -0.25) is 0 Å². The summed E-state index contributed by atoms with van der Waals surface area (Å²) in [6.45, 7) is 5.56. The fraction of sp³-hybridized carbons (Fsp3) is 0.294. The number of hydrogen-bond donors (Lipinski definition) is 2. The Morgan fingerprint density at radius 1 is 0.958 bits per heavy atom. The van der Waals surface area contributed by atoms with Crippen LogP contribution >= 0.6 is 0 Å². The molecule has 24 heavy (non-hydrogen) atoms. The molecule has 0 aliphatic heterocycles. The lowest BCUT2D eigenvalue weighted by Crippen LogP contribution is -2.14. The molecule has 7 heteroatoms. The molecule has 4 nitrogen and oxygen atoms in total. The zero-order valence-corrected chi connectivity index (χ0v) is 13.6. The summed E-state index contributed by atoms with van der Waals surface area (Å²) in [7, 11) is 0. The van der Waals surface area contributed by atoms with Gasteiger partial charge < -0.3 is 11.5 Å². The van der Waals surface area contributed by atoms with E-state index in [1.807, 2.05) is 19.9 Å². The second kappa shape index (κ2) is 6.14. The van der Waals surface area contributed by atoms with Crippen molar-refractivity contribution in [2.75, 3.05) is 11.5 Å². The molecule has 0 amide bonds. The van der Waals surface area contributed by atoms with Crippen molar-refractivity contribution in [3.8, 4) is 0 Å². The van der Waals surface area contributed by atoms with E-state index in [4.69, 9.17) is 11.5 Å². The zero-order valence-electron chi connectivity index (χ0n) is 13.6. The van der Waals surface area contributed by atoms with Crippen molar-refractivity contribution in [3.63, 3.8) is 0 Å². The summed E-state index contributed by atoms with van der Waals surface area (Å²) in [5.74, 6) is 0.364. The molecule has 4 N–H and O–H groups in total. The Morgan fingerprint density at radius 3 is 2.00 bits per heavy atom. The maximum Gasteiger partial charge on any atom is 0.416 e. The number of allylic oxidation sites excluding steroid dienone is 1. The lowest BCUT2D eigenvalue weighted by Gasteiger charge is -2.22. The molecule has 0 aliphatic carbocycles. The minimum Gasteiger partial charge on any atom is -0.383 e. The molecule has 0 saturated carbocycles. The molecule has 2 rings (SSSR count). The molecular formula is C17H19F3N4. The Morgan fingerprint density at radius 2 is 1.50 bits per heavy atom. The van der Waals surface area contributed by atoms with Gasteiger partial charge in [-0.15, -0.1) is 0 Å². The summed E-state index contributed by atoms with van der Waals surface area (Å²) in [4.78, 5) is 7.97. The first-order valence-corrected chi connectivity index (χ1v) is 7.27. The van der Waals surface area contributed by atoms with Crippen LogP contribution in [0, 0.1) is 6.92 Å². The maximum absolute atomic E-state index is 12.7. The van der Waals surface area contributed by atoms with Crippen LogP contribution in [0.4, 0.5) is 24.9 Å². The number of aromatic nitrogens is 2. The van der Waals surface area contributed by atoms with E-state index < -0.39 is 17.2 Å². The Kier molecular flexibility index (Phi) is 4.55. The van der Waals surface area contributed by atoms with Crippen molar-refractivity contribution < 1.29 is 13.2 Å². The van der Waals surface area contributed by atoms with Crippen LogP contribution in [-0.2, 0) is 11.6 Å². The molecule has 0 saturated heterocycles. The number of nitrogens with zero attached hydrogens (tertiary/aromatic N) is 2. The second-order valence-corrected chi connectivity index (χ2v) is 6.10. The van der Waals surface area contributed by atoms with Crippen molar-refractivity contribution >= 4 is 17.8 Å². The largest absolute Gasteiger partial charge is 0.416 e. The number of rotatable bonds is 3. The number of hydrogen-bond acceptors (Lipinski definition) is 4. The van der Waals surface area contributed by atoms with Crippen LogP contribution in [0.25, 0.3) is 6.08 Å². The first kappa shape index (κ1) is 17.8. The molecule has 0 bridgehead atoms. The first-order chi connectivity index (χ1) is 11.0. The van der Waals surface area contributed by atoms with Crippen molar-refractivity contribution in [2.24, 2.45) is 0 Å². The monoisotopic (exact) mass is 336 g/mol. The number of anilines is 2. The van der Waals surface area contributed by atoms with Gasteiger partial charge >= 0.3 is 6.18 Å². The Bertz CT molecular complexity index is 739. The van der Waals surface area contributed by atoms with Crippen LogP contribution in [0.3, 0.4) is 0 Å². The third-order valence-electron chi connectivity index (χ3n) is 3.81. The second-order valence-electron chi connectivity index (χ2n) is 6.10. The van der Waals surface area contributed by atoms with Crippen molar-refractivity contribution in [3.05, 3.63) is 52.7 Å². The number of aryl methyl sites for hydroxylation is 1. The predicted molar refractivity (Wildman–Crippen MR) is 89.1 cm³/mol. The summed E-state index contributed by atoms with van der Waals surface area (Å²) >= 11 is 0. The fourth-order valence-corrected chi connectivity index (χ4v) is 2.31. The van der Waals surface area contributed by atoms with E-state index >= 15 is 0 Å². The third-order valence-corrected chi connectivity index (χ3v) is 3.81. The van der Waals surface area contributed by atoms with Gasteiger partial charge in [-0.05, 0) is 24.6 Å². The summed E-state index contributed by atoms with van der Waals surface area (Å²) in [5.41, 5.74) is 12.2. The van der Waals surface area contributed by atoms with E-state index in [2.05, 4.69) is 9.97 Å². The van der Waals surface area contributed by atoms with Crippen LogP contribution in [-0.4, -0.2) is 9.97 Å². The molecule has 2 aromatic rings. The van der Waals surface area contributed by atoms with Gasteiger partial charge in [0.1, 0.15) is 5.82 Å². The van der Waals surface area contributed by atoms with Crippen LogP contribution in [0.1, 0.15) is 36.2 Å². The number of nitrogens with two attached hydrogens (primary N) is 2. The van der Waals surface area contributed by atoms with Gasteiger partial charge in [0, 0.05) is 11.0 Å². The third kappa shape index (κ3) is 3.84. The highest BCUT2D eigenvalue weighted by molar-refractivity contribution is 5.65. The van der Waals surface area contributed by atoms with Gasteiger partial charge in [0.15, 0.2) is 0 Å². The fourth-order valence-electron chi connectivity index (χ4n) is 2.31. The molecule has 0 fully saturated rings. The van der Waals surface area contributed by atoms with Gasteiger partial charge in [0.25, 0.3) is 0 Å². The molecular weight excluding hydrogens is 317 g/mol. The summed E-state index contributed by atoms with van der Waals surface area (Å²) in [6.07, 6.45) is -0.721. The van der Waals surface area contributed by atoms with Crippen molar-refractivity contribution in [1.29, 1.82) is 0 Å². The lowest BCUT2D eigenvalue weighted by atomic mass is 9.83. The minimum atomic E-state index is -4.34. The molecule has 0 unspecified atom stereocenters. The first-order valence-electron chi connectivity index (χ1n) is 7.27. The van der Waals surface area contributed by atoms with E-state index in [1.54, 1.807) is 13.0 Å². The van der Waals surface area contributed by atoms with Gasteiger partial charge in [0.2, 0.25) is 5.95 Å². The average molecular weight is 336 g/mol. The highest BCUT2D eigenvalue weighted by Gasteiger charge is 2.30. The van der Waals surface area contributed by atoms with Crippen LogP contribution in [0.5, 0.6) is 0 Å². The molecule has 0 radical (unpaired) electrons. The number of halogens is 3. The SMILES string of the molecule is Cc1nc(N)nc(N)c1/C=C/C(C)(C)c1ccc(C(F)(F)F)cc1. The van der Waals surface area contributed by atoms with E-state index in [0.29, 0.717) is 11.3 Å². The molecule has 1 heterocycles. The quantitative estimate of drug-likeness (QED) is 0.889. The molecule has 0 aliphatic rings. The average Bonchev–Trinajstić information content (AvgIpc) is 2.45. The van der Waals surface area contributed by atoms with Gasteiger partial charge in [0.05, 0.1) is 11.3 Å². The van der Waals surface area contributed by atoms with E-state index in [-0.39, 0.29) is 11.8 Å². The van der Waals surface area contributed by atoms with Crippen molar-refractivity contribution in [1.82, 2.24) is 9.97 Å². The number of alkyl halides is 3. The van der Waals surface area contributed by atoms with E-state index in [9.17, 15) is 13.2 Å². The highest BCUT2D eigenvalue weighted by Crippen LogP contribution is 2.32. The van der Waals surface area contributed by atoms with E-state index in [1.165, 1.54) is 12.1 Å². The minimum absolute atomic E-state index is 0.101. The Hall–Kier alpha value is -2.57. The summed E-state index contributed by atoms with van der Waals surface area (Å²) in [6, 6.07) is 5.11. The van der Waals surface area contributed by atoms with E-state index in [0.717, 1.165) is 17.7 Å². The molecule has 128 valence electrons.